The van der Waals surface area contributed by atoms with E-state index in [1.54, 1.807) is 6.33 Å². The lowest BCUT2D eigenvalue weighted by Crippen LogP contribution is -2.38. The van der Waals surface area contributed by atoms with Crippen molar-refractivity contribution in [2.75, 3.05) is 31.2 Å². The van der Waals surface area contributed by atoms with E-state index in [0.29, 0.717) is 24.7 Å². The maximum Gasteiger partial charge on any atom is 0.253 e. The van der Waals surface area contributed by atoms with E-state index >= 15 is 0 Å². The first kappa shape index (κ1) is 17.0. The predicted molar refractivity (Wildman–Crippen MR) is 98.1 cm³/mol. The number of carbonyl (C=O) groups is 1. The van der Waals surface area contributed by atoms with Crippen molar-refractivity contribution in [2.45, 2.75) is 32.4 Å². The molecule has 1 atom stereocenters. The van der Waals surface area contributed by atoms with Gasteiger partial charge in [-0.2, -0.15) is 5.10 Å². The maximum atomic E-state index is 13.1. The second-order valence-electron chi connectivity index (χ2n) is 6.84. The zero-order chi connectivity index (χ0) is 17.9. The van der Waals surface area contributed by atoms with Gasteiger partial charge in [0.05, 0.1) is 24.8 Å². The molecule has 1 saturated carbocycles. The molecule has 7 heteroatoms. The van der Waals surface area contributed by atoms with Crippen molar-refractivity contribution < 1.29 is 9.53 Å². The summed E-state index contributed by atoms with van der Waals surface area (Å²) >= 11 is 0. The fourth-order valence-corrected chi connectivity index (χ4v) is 3.55. The third-order valence-electron chi connectivity index (χ3n) is 5.10. The molecule has 1 aliphatic carbocycles. The average molecular weight is 355 g/mol. The Labute approximate surface area is 153 Å². The van der Waals surface area contributed by atoms with Crippen LogP contribution in [-0.2, 0) is 11.3 Å². The number of para-hydroxylation sites is 1. The van der Waals surface area contributed by atoms with Crippen LogP contribution in [0.15, 0.2) is 30.6 Å². The zero-order valence-electron chi connectivity index (χ0n) is 15.1. The van der Waals surface area contributed by atoms with Crippen molar-refractivity contribution in [2.24, 2.45) is 5.92 Å². The largest absolute Gasteiger partial charge is 0.378 e. The van der Waals surface area contributed by atoms with E-state index in [1.165, 1.54) is 0 Å². The normalized spacial score (nSPS) is 18.6. The molecular formula is C19H25N5O2. The van der Waals surface area contributed by atoms with Crippen molar-refractivity contribution in [3.63, 3.8) is 0 Å². The Morgan fingerprint density at radius 2 is 2.08 bits per heavy atom. The van der Waals surface area contributed by atoms with Crippen LogP contribution in [-0.4, -0.2) is 47.0 Å². The van der Waals surface area contributed by atoms with Crippen LogP contribution in [0.5, 0.6) is 0 Å². The molecule has 2 heterocycles. The Hall–Kier alpha value is -2.41. The van der Waals surface area contributed by atoms with Crippen LogP contribution in [0.2, 0.25) is 0 Å². The first-order chi connectivity index (χ1) is 12.8. The molecule has 1 aliphatic heterocycles. The van der Waals surface area contributed by atoms with E-state index in [0.717, 1.165) is 44.0 Å². The molecule has 1 saturated heterocycles. The van der Waals surface area contributed by atoms with Gasteiger partial charge in [0.25, 0.3) is 5.91 Å². The molecule has 138 valence electrons. The molecular weight excluding hydrogens is 330 g/mol. The fourth-order valence-electron chi connectivity index (χ4n) is 3.55. The second kappa shape index (κ2) is 7.45. The number of nitrogens with zero attached hydrogens (tertiary/aromatic N) is 4. The maximum absolute atomic E-state index is 13.1. The Kier molecular flexibility index (Phi) is 4.88. The van der Waals surface area contributed by atoms with E-state index < -0.39 is 0 Å². The predicted octanol–water partition coefficient (Wildman–Crippen LogP) is 2.02. The van der Waals surface area contributed by atoms with E-state index in [4.69, 9.17) is 4.74 Å². The van der Waals surface area contributed by atoms with Gasteiger partial charge in [-0.05, 0) is 37.8 Å². The molecule has 2 aliphatic rings. The molecule has 7 nitrogen and oxygen atoms in total. The summed E-state index contributed by atoms with van der Waals surface area (Å²) < 4.78 is 7.31. The molecule has 1 amide bonds. The molecule has 0 bridgehead atoms. The number of hydrogen-bond acceptors (Lipinski definition) is 5. The van der Waals surface area contributed by atoms with Crippen LogP contribution in [0.4, 0.5) is 5.69 Å². The van der Waals surface area contributed by atoms with E-state index in [9.17, 15) is 4.79 Å². The van der Waals surface area contributed by atoms with Crippen molar-refractivity contribution >= 4 is 11.6 Å². The summed E-state index contributed by atoms with van der Waals surface area (Å²) in [5.41, 5.74) is 1.68. The van der Waals surface area contributed by atoms with Crippen molar-refractivity contribution in [3.8, 4) is 0 Å². The van der Waals surface area contributed by atoms with Gasteiger partial charge in [-0.3, -0.25) is 4.79 Å². The van der Waals surface area contributed by atoms with Crippen molar-refractivity contribution in [3.05, 3.63) is 42.0 Å². The highest BCUT2D eigenvalue weighted by Gasteiger charge is 2.36. The van der Waals surface area contributed by atoms with E-state index in [2.05, 4.69) is 20.3 Å². The fraction of sp³-hybridized carbons (Fsp3) is 0.526. The molecule has 0 radical (unpaired) electrons. The first-order valence-electron chi connectivity index (χ1n) is 9.38. The summed E-state index contributed by atoms with van der Waals surface area (Å²) in [7, 11) is 0. The smallest absolute Gasteiger partial charge is 0.253 e. The molecule has 2 fully saturated rings. The van der Waals surface area contributed by atoms with Gasteiger partial charge in [-0.25, -0.2) is 9.67 Å². The zero-order valence-corrected chi connectivity index (χ0v) is 15.1. The Bertz CT molecular complexity index is 765. The molecule has 4 rings (SSSR count). The van der Waals surface area contributed by atoms with Gasteiger partial charge in [0.1, 0.15) is 12.2 Å². The SMILES string of the molecule is CCn1ncnc1[C@@H](NC(=O)c1ccccc1N1CCOCC1)C1CC1. The minimum Gasteiger partial charge on any atom is -0.378 e. The van der Waals surface area contributed by atoms with Gasteiger partial charge in [-0.1, -0.05) is 12.1 Å². The Morgan fingerprint density at radius 1 is 1.31 bits per heavy atom. The van der Waals surface area contributed by atoms with Gasteiger partial charge in [-0.15, -0.1) is 0 Å². The third kappa shape index (κ3) is 3.44. The van der Waals surface area contributed by atoms with Crippen molar-refractivity contribution in [1.29, 1.82) is 0 Å². The highest BCUT2D eigenvalue weighted by molar-refractivity contribution is 6.00. The summed E-state index contributed by atoms with van der Waals surface area (Å²) in [5.74, 6) is 1.26. The number of anilines is 1. The number of hydrogen-bond donors (Lipinski definition) is 1. The molecule has 0 spiro atoms. The van der Waals surface area contributed by atoms with E-state index in [-0.39, 0.29) is 11.9 Å². The average Bonchev–Trinajstić information content (AvgIpc) is 3.43. The first-order valence-corrected chi connectivity index (χ1v) is 9.38. The number of ether oxygens (including phenoxy) is 1. The number of morpholine rings is 1. The number of nitrogens with one attached hydrogen (secondary N) is 1. The number of aryl methyl sites for hydroxylation is 1. The van der Waals surface area contributed by atoms with Gasteiger partial charge >= 0.3 is 0 Å². The van der Waals surface area contributed by atoms with Crippen molar-refractivity contribution in [1.82, 2.24) is 20.1 Å². The van der Waals surface area contributed by atoms with Crippen LogP contribution in [0.25, 0.3) is 0 Å². The molecule has 0 unspecified atom stereocenters. The highest BCUT2D eigenvalue weighted by Crippen LogP contribution is 2.40. The van der Waals surface area contributed by atoms with Crippen LogP contribution < -0.4 is 10.2 Å². The van der Waals surface area contributed by atoms with Crippen LogP contribution in [0, 0.1) is 5.92 Å². The van der Waals surface area contributed by atoms with Crippen LogP contribution in [0.3, 0.4) is 0 Å². The van der Waals surface area contributed by atoms with Crippen LogP contribution in [0.1, 0.15) is 42.0 Å². The summed E-state index contributed by atoms with van der Waals surface area (Å²) in [6, 6.07) is 7.73. The topological polar surface area (TPSA) is 72.3 Å². The van der Waals surface area contributed by atoms with Crippen LogP contribution >= 0.6 is 0 Å². The number of rotatable bonds is 6. The standard InChI is InChI=1S/C19H25N5O2/c1-2-24-18(20-13-21-24)17(14-7-8-14)22-19(25)15-5-3-4-6-16(15)23-9-11-26-12-10-23/h3-6,13-14,17H,2,7-12H2,1H3,(H,22,25)/t17-/m0/s1. The summed E-state index contributed by atoms with van der Waals surface area (Å²) in [5, 5.41) is 7.50. The lowest BCUT2D eigenvalue weighted by atomic mass is 10.1. The third-order valence-corrected chi connectivity index (χ3v) is 5.10. The number of aromatic nitrogens is 3. The highest BCUT2D eigenvalue weighted by atomic mass is 16.5. The molecule has 1 aromatic heterocycles. The monoisotopic (exact) mass is 355 g/mol. The number of benzene rings is 1. The summed E-state index contributed by atoms with van der Waals surface area (Å²) in [6.07, 6.45) is 3.81. The lowest BCUT2D eigenvalue weighted by molar-refractivity contribution is 0.0927. The number of amides is 1. The Balaban J connectivity index is 1.57. The van der Waals surface area contributed by atoms with Gasteiger partial charge in [0.2, 0.25) is 0 Å². The molecule has 2 aromatic rings. The second-order valence-corrected chi connectivity index (χ2v) is 6.84. The minimum atomic E-state index is -0.0808. The molecule has 1 N–H and O–H groups in total. The van der Waals surface area contributed by atoms with E-state index in [1.807, 2.05) is 35.9 Å². The molecule has 1 aromatic carbocycles. The summed E-state index contributed by atoms with van der Waals surface area (Å²) in [4.78, 5) is 19.8. The summed E-state index contributed by atoms with van der Waals surface area (Å²) in [6.45, 7) is 5.79. The lowest BCUT2D eigenvalue weighted by Gasteiger charge is -2.30. The minimum absolute atomic E-state index is 0.0466. The van der Waals surface area contributed by atoms with Gasteiger partial charge in [0.15, 0.2) is 0 Å². The van der Waals surface area contributed by atoms with Gasteiger partial charge < -0.3 is 15.0 Å². The Morgan fingerprint density at radius 3 is 2.81 bits per heavy atom. The van der Waals surface area contributed by atoms with Gasteiger partial charge in [0, 0.05) is 25.3 Å². The number of carbonyl (C=O) groups excluding carboxylic acids is 1. The quantitative estimate of drug-likeness (QED) is 0.858. The molecule has 26 heavy (non-hydrogen) atoms.